The number of nitrogens with zero attached hydrogens (tertiary/aromatic N) is 1. The molecule has 94 valence electrons. The van der Waals surface area contributed by atoms with Crippen LogP contribution in [0, 0.1) is 6.92 Å². The summed E-state index contributed by atoms with van der Waals surface area (Å²) in [6, 6.07) is 5.74. The Bertz CT molecular complexity index is 402. The first-order valence-corrected chi connectivity index (χ1v) is 5.66. The smallest absolute Gasteiger partial charge is 0.335 e. The number of anilines is 1. The Morgan fingerprint density at radius 1 is 1.47 bits per heavy atom. The summed E-state index contributed by atoms with van der Waals surface area (Å²) in [4.78, 5) is 13.0. The van der Waals surface area contributed by atoms with Crippen molar-refractivity contribution in [3.8, 4) is 0 Å². The Hall–Kier alpha value is -1.55. The van der Waals surface area contributed by atoms with Crippen molar-refractivity contribution in [3.63, 3.8) is 0 Å². The van der Waals surface area contributed by atoms with E-state index in [1.807, 2.05) is 27.1 Å². The minimum absolute atomic E-state index is 0.358. The molecule has 0 aliphatic rings. The van der Waals surface area contributed by atoms with Gasteiger partial charge < -0.3 is 15.3 Å². The number of aromatic carboxylic acids is 1. The molecule has 0 spiro atoms. The first kappa shape index (κ1) is 13.5. The van der Waals surface area contributed by atoms with Gasteiger partial charge in [-0.2, -0.15) is 0 Å². The number of carbonyl (C=O) groups is 1. The first-order valence-electron chi connectivity index (χ1n) is 5.66. The topological polar surface area (TPSA) is 52.6 Å². The van der Waals surface area contributed by atoms with Gasteiger partial charge in [-0.15, -0.1) is 0 Å². The second-order valence-electron chi connectivity index (χ2n) is 4.53. The van der Waals surface area contributed by atoms with Crippen LogP contribution in [-0.2, 0) is 0 Å². The van der Waals surface area contributed by atoms with Gasteiger partial charge in [0.2, 0.25) is 0 Å². The lowest BCUT2D eigenvalue weighted by Crippen LogP contribution is -2.31. The summed E-state index contributed by atoms with van der Waals surface area (Å²) < 4.78 is 0. The van der Waals surface area contributed by atoms with Gasteiger partial charge in [-0.25, -0.2) is 4.79 Å². The Morgan fingerprint density at radius 2 is 2.12 bits per heavy atom. The third-order valence-corrected chi connectivity index (χ3v) is 2.94. The molecule has 4 nitrogen and oxygen atoms in total. The minimum Gasteiger partial charge on any atom is -0.478 e. The number of rotatable bonds is 5. The number of likely N-dealkylation sites (N-methyl/N-ethyl adjacent to an activating group) is 1. The highest BCUT2D eigenvalue weighted by molar-refractivity contribution is 5.89. The summed E-state index contributed by atoms with van der Waals surface area (Å²) in [6.45, 7) is 4.77. The SMILES string of the molecule is Cc1cc(NCC(C)N(C)C)ccc1C(=O)O. The Balaban J connectivity index is 2.68. The van der Waals surface area contributed by atoms with Crippen molar-refractivity contribution in [1.82, 2.24) is 4.90 Å². The zero-order valence-electron chi connectivity index (χ0n) is 10.8. The van der Waals surface area contributed by atoms with Gasteiger partial charge in [-0.05, 0) is 51.7 Å². The predicted molar refractivity (Wildman–Crippen MR) is 69.8 cm³/mol. The lowest BCUT2D eigenvalue weighted by Gasteiger charge is -2.20. The van der Waals surface area contributed by atoms with E-state index in [4.69, 9.17) is 5.11 Å². The summed E-state index contributed by atoms with van der Waals surface area (Å²) in [5.74, 6) is -0.879. The number of benzene rings is 1. The molecule has 0 saturated carbocycles. The molecule has 0 radical (unpaired) electrons. The van der Waals surface area contributed by atoms with Crippen LogP contribution in [0.3, 0.4) is 0 Å². The summed E-state index contributed by atoms with van der Waals surface area (Å²) in [6.07, 6.45) is 0. The van der Waals surface area contributed by atoms with Crippen LogP contribution in [0.25, 0.3) is 0 Å². The third-order valence-electron chi connectivity index (χ3n) is 2.94. The maximum absolute atomic E-state index is 10.9. The standard InChI is InChI=1S/C13H20N2O2/c1-9-7-11(5-6-12(9)13(16)17)14-8-10(2)15(3)4/h5-7,10,14H,8H2,1-4H3,(H,16,17). The van der Waals surface area contributed by atoms with Gasteiger partial charge in [-0.1, -0.05) is 0 Å². The lowest BCUT2D eigenvalue weighted by atomic mass is 10.1. The molecule has 0 bridgehead atoms. The van der Waals surface area contributed by atoms with Gasteiger partial charge in [-0.3, -0.25) is 0 Å². The molecular weight excluding hydrogens is 216 g/mol. The molecule has 17 heavy (non-hydrogen) atoms. The van der Waals surface area contributed by atoms with Crippen molar-refractivity contribution in [2.45, 2.75) is 19.9 Å². The zero-order chi connectivity index (χ0) is 13.0. The summed E-state index contributed by atoms with van der Waals surface area (Å²) in [5, 5.41) is 12.2. The summed E-state index contributed by atoms with van der Waals surface area (Å²) >= 11 is 0. The highest BCUT2D eigenvalue weighted by Gasteiger charge is 2.08. The number of hydrogen-bond acceptors (Lipinski definition) is 3. The number of carboxylic acid groups (broad SMARTS) is 1. The van der Waals surface area contributed by atoms with E-state index in [-0.39, 0.29) is 0 Å². The maximum atomic E-state index is 10.9. The van der Waals surface area contributed by atoms with E-state index in [9.17, 15) is 4.79 Å². The fraction of sp³-hybridized carbons (Fsp3) is 0.462. The molecule has 1 atom stereocenters. The molecule has 0 amide bonds. The average molecular weight is 236 g/mol. The average Bonchev–Trinajstić information content (AvgIpc) is 2.25. The largest absolute Gasteiger partial charge is 0.478 e. The molecule has 2 N–H and O–H groups in total. The lowest BCUT2D eigenvalue weighted by molar-refractivity contribution is 0.0696. The maximum Gasteiger partial charge on any atom is 0.335 e. The van der Waals surface area contributed by atoms with Crippen molar-refractivity contribution < 1.29 is 9.90 Å². The number of carboxylic acids is 1. The summed E-state index contributed by atoms with van der Waals surface area (Å²) in [7, 11) is 4.07. The van der Waals surface area contributed by atoms with Crippen LogP contribution < -0.4 is 5.32 Å². The number of aryl methyl sites for hydroxylation is 1. The van der Waals surface area contributed by atoms with Crippen molar-refractivity contribution >= 4 is 11.7 Å². The molecule has 0 saturated heterocycles. The monoisotopic (exact) mass is 236 g/mol. The highest BCUT2D eigenvalue weighted by atomic mass is 16.4. The number of hydrogen-bond donors (Lipinski definition) is 2. The van der Waals surface area contributed by atoms with Crippen LogP contribution >= 0.6 is 0 Å². The molecular formula is C13H20N2O2. The highest BCUT2D eigenvalue weighted by Crippen LogP contribution is 2.15. The number of nitrogens with one attached hydrogen (secondary N) is 1. The normalized spacial score (nSPS) is 12.5. The molecule has 0 heterocycles. The fourth-order valence-electron chi connectivity index (χ4n) is 1.46. The quantitative estimate of drug-likeness (QED) is 0.821. The zero-order valence-corrected chi connectivity index (χ0v) is 10.8. The second-order valence-corrected chi connectivity index (χ2v) is 4.53. The van der Waals surface area contributed by atoms with Crippen LogP contribution in [0.4, 0.5) is 5.69 Å². The van der Waals surface area contributed by atoms with Crippen LogP contribution in [0.2, 0.25) is 0 Å². The molecule has 1 unspecified atom stereocenters. The van der Waals surface area contributed by atoms with Crippen molar-refractivity contribution in [1.29, 1.82) is 0 Å². The Kier molecular flexibility index (Phi) is 4.52. The van der Waals surface area contributed by atoms with E-state index in [1.54, 1.807) is 12.1 Å². The molecule has 0 fully saturated rings. The first-order chi connectivity index (χ1) is 7.91. The van der Waals surface area contributed by atoms with E-state index in [0.717, 1.165) is 17.8 Å². The van der Waals surface area contributed by atoms with Crippen LogP contribution in [-0.4, -0.2) is 42.7 Å². The van der Waals surface area contributed by atoms with Gasteiger partial charge in [0.15, 0.2) is 0 Å². The predicted octanol–water partition coefficient (Wildman–Crippen LogP) is 2.06. The third kappa shape index (κ3) is 3.75. The van der Waals surface area contributed by atoms with Crippen LogP contribution in [0.15, 0.2) is 18.2 Å². The molecule has 1 aromatic carbocycles. The van der Waals surface area contributed by atoms with E-state index in [2.05, 4.69) is 17.1 Å². The fourth-order valence-corrected chi connectivity index (χ4v) is 1.46. The van der Waals surface area contributed by atoms with Gasteiger partial charge in [0.1, 0.15) is 0 Å². The molecule has 0 aliphatic carbocycles. The van der Waals surface area contributed by atoms with Crippen LogP contribution in [0.5, 0.6) is 0 Å². The Morgan fingerprint density at radius 3 is 2.59 bits per heavy atom. The molecule has 4 heteroatoms. The minimum atomic E-state index is -0.879. The van der Waals surface area contributed by atoms with Crippen molar-refractivity contribution in [3.05, 3.63) is 29.3 Å². The van der Waals surface area contributed by atoms with E-state index >= 15 is 0 Å². The van der Waals surface area contributed by atoms with E-state index in [1.165, 1.54) is 0 Å². The van der Waals surface area contributed by atoms with Gasteiger partial charge in [0.25, 0.3) is 0 Å². The molecule has 0 aliphatic heterocycles. The van der Waals surface area contributed by atoms with Crippen LogP contribution in [0.1, 0.15) is 22.8 Å². The second kappa shape index (κ2) is 5.68. The molecule has 1 rings (SSSR count). The van der Waals surface area contributed by atoms with Gasteiger partial charge in [0, 0.05) is 18.3 Å². The van der Waals surface area contributed by atoms with E-state index < -0.39 is 5.97 Å². The van der Waals surface area contributed by atoms with Gasteiger partial charge >= 0.3 is 5.97 Å². The van der Waals surface area contributed by atoms with Gasteiger partial charge in [0.05, 0.1) is 5.56 Å². The van der Waals surface area contributed by atoms with Crippen molar-refractivity contribution in [2.24, 2.45) is 0 Å². The molecule has 1 aromatic rings. The Labute approximate surface area is 102 Å². The van der Waals surface area contributed by atoms with Crippen molar-refractivity contribution in [2.75, 3.05) is 26.0 Å². The van der Waals surface area contributed by atoms with E-state index in [0.29, 0.717) is 11.6 Å². The molecule has 0 aromatic heterocycles. The summed E-state index contributed by atoms with van der Waals surface area (Å²) in [5.41, 5.74) is 2.09.